The van der Waals surface area contributed by atoms with Gasteiger partial charge in [-0.25, -0.2) is 0 Å². The van der Waals surface area contributed by atoms with Crippen LogP contribution in [0.15, 0.2) is 18.2 Å². The van der Waals surface area contributed by atoms with Crippen LogP contribution < -0.4 is 10.1 Å². The number of carboxylic acid groups (broad SMARTS) is 1. The third kappa shape index (κ3) is 3.76. The van der Waals surface area contributed by atoms with Crippen molar-refractivity contribution in [3.63, 3.8) is 0 Å². The van der Waals surface area contributed by atoms with Crippen LogP contribution in [-0.4, -0.2) is 30.1 Å². The summed E-state index contributed by atoms with van der Waals surface area (Å²) in [7, 11) is 1.59. The van der Waals surface area contributed by atoms with Crippen molar-refractivity contribution in [1.82, 2.24) is 5.32 Å². The number of carboxylic acids is 1. The van der Waals surface area contributed by atoms with Crippen LogP contribution >= 0.6 is 0 Å². The third-order valence-electron chi connectivity index (χ3n) is 2.57. The standard InChI is InChI=1S/C13H17NO4/c1-8-6-10(4-5-11(8)18-3)7-12(15)14-9(2)13(16)17/h4-6,9H,7H2,1-3H3,(H,14,15)(H,16,17). The number of aliphatic carboxylic acids is 1. The maximum absolute atomic E-state index is 11.6. The highest BCUT2D eigenvalue weighted by atomic mass is 16.5. The number of amides is 1. The van der Waals surface area contributed by atoms with Gasteiger partial charge < -0.3 is 15.2 Å². The minimum atomic E-state index is -1.05. The Labute approximate surface area is 106 Å². The van der Waals surface area contributed by atoms with Crippen LogP contribution in [0.3, 0.4) is 0 Å². The lowest BCUT2D eigenvalue weighted by Crippen LogP contribution is -2.39. The highest BCUT2D eigenvalue weighted by Crippen LogP contribution is 2.18. The summed E-state index contributed by atoms with van der Waals surface area (Å²) in [6, 6.07) is 4.55. The number of hydrogen-bond donors (Lipinski definition) is 2. The largest absolute Gasteiger partial charge is 0.496 e. The fraction of sp³-hybridized carbons (Fsp3) is 0.385. The Kier molecular flexibility index (Phi) is 4.71. The lowest BCUT2D eigenvalue weighted by Gasteiger charge is -2.10. The molecule has 0 saturated heterocycles. The number of nitrogens with one attached hydrogen (secondary N) is 1. The van der Waals surface area contributed by atoms with Gasteiger partial charge in [-0.1, -0.05) is 12.1 Å². The summed E-state index contributed by atoms with van der Waals surface area (Å²) in [4.78, 5) is 22.2. The van der Waals surface area contributed by atoms with Crippen molar-refractivity contribution in [1.29, 1.82) is 0 Å². The summed E-state index contributed by atoms with van der Waals surface area (Å²) in [5.41, 5.74) is 1.76. The normalized spacial score (nSPS) is 11.7. The summed E-state index contributed by atoms with van der Waals surface area (Å²) in [5.74, 6) is -0.596. The highest BCUT2D eigenvalue weighted by molar-refractivity contribution is 5.84. The van der Waals surface area contributed by atoms with E-state index in [0.717, 1.165) is 16.9 Å². The lowest BCUT2D eigenvalue weighted by molar-refractivity contribution is -0.141. The molecule has 5 nitrogen and oxygen atoms in total. The molecule has 1 atom stereocenters. The molecular formula is C13H17NO4. The fourth-order valence-corrected chi connectivity index (χ4v) is 1.59. The molecule has 0 fully saturated rings. The fourth-order valence-electron chi connectivity index (χ4n) is 1.59. The molecule has 0 aliphatic carbocycles. The number of methoxy groups -OCH3 is 1. The topological polar surface area (TPSA) is 75.6 Å². The molecule has 5 heteroatoms. The molecular weight excluding hydrogens is 234 g/mol. The van der Waals surface area contributed by atoms with Crippen LogP contribution in [-0.2, 0) is 16.0 Å². The van der Waals surface area contributed by atoms with Gasteiger partial charge in [0.05, 0.1) is 13.5 Å². The Morgan fingerprint density at radius 2 is 2.11 bits per heavy atom. The summed E-state index contributed by atoms with van der Waals surface area (Å²) < 4.78 is 5.12. The molecule has 0 aliphatic rings. The van der Waals surface area contributed by atoms with E-state index >= 15 is 0 Å². The van der Waals surface area contributed by atoms with E-state index in [1.165, 1.54) is 6.92 Å². The van der Waals surface area contributed by atoms with Gasteiger partial charge in [0.15, 0.2) is 0 Å². The number of hydrogen-bond acceptors (Lipinski definition) is 3. The van der Waals surface area contributed by atoms with Crippen molar-refractivity contribution >= 4 is 11.9 Å². The first kappa shape index (κ1) is 14.0. The molecule has 0 heterocycles. The van der Waals surface area contributed by atoms with Gasteiger partial charge in [0, 0.05) is 0 Å². The molecule has 0 saturated carbocycles. The van der Waals surface area contributed by atoms with E-state index in [9.17, 15) is 9.59 Å². The van der Waals surface area contributed by atoms with Crippen LogP contribution in [0.25, 0.3) is 0 Å². The second kappa shape index (κ2) is 6.05. The molecule has 0 radical (unpaired) electrons. The second-order valence-electron chi connectivity index (χ2n) is 4.11. The van der Waals surface area contributed by atoms with E-state index in [0.29, 0.717) is 0 Å². The first-order valence-electron chi connectivity index (χ1n) is 5.59. The number of ether oxygens (including phenoxy) is 1. The Balaban J connectivity index is 2.65. The minimum Gasteiger partial charge on any atom is -0.496 e. The van der Waals surface area contributed by atoms with E-state index < -0.39 is 12.0 Å². The average molecular weight is 251 g/mol. The highest BCUT2D eigenvalue weighted by Gasteiger charge is 2.14. The summed E-state index contributed by atoms with van der Waals surface area (Å²) in [6.45, 7) is 3.32. The summed E-state index contributed by atoms with van der Waals surface area (Å²) in [6.07, 6.45) is 0.155. The number of carbonyl (C=O) groups is 2. The first-order chi connectivity index (χ1) is 8.43. The molecule has 0 aliphatic heterocycles. The van der Waals surface area contributed by atoms with Crippen LogP contribution in [0.2, 0.25) is 0 Å². The zero-order valence-electron chi connectivity index (χ0n) is 10.7. The average Bonchev–Trinajstić information content (AvgIpc) is 2.28. The Hall–Kier alpha value is -2.04. The van der Waals surface area contributed by atoms with Gasteiger partial charge in [0.1, 0.15) is 11.8 Å². The van der Waals surface area contributed by atoms with Gasteiger partial charge in [0.25, 0.3) is 0 Å². The van der Waals surface area contributed by atoms with Gasteiger partial charge in [-0.3, -0.25) is 9.59 Å². The second-order valence-corrected chi connectivity index (χ2v) is 4.11. The van der Waals surface area contributed by atoms with Crippen molar-refractivity contribution in [2.75, 3.05) is 7.11 Å². The van der Waals surface area contributed by atoms with Crippen LogP contribution in [0.5, 0.6) is 5.75 Å². The Morgan fingerprint density at radius 3 is 2.61 bits per heavy atom. The number of aryl methyl sites for hydroxylation is 1. The summed E-state index contributed by atoms with van der Waals surface area (Å²) >= 11 is 0. The van der Waals surface area contributed by atoms with E-state index in [2.05, 4.69) is 5.32 Å². The van der Waals surface area contributed by atoms with Crippen molar-refractivity contribution in [3.8, 4) is 5.75 Å². The van der Waals surface area contributed by atoms with Crippen molar-refractivity contribution < 1.29 is 19.4 Å². The molecule has 2 N–H and O–H groups in total. The number of rotatable bonds is 5. The predicted molar refractivity (Wildman–Crippen MR) is 66.7 cm³/mol. The van der Waals surface area contributed by atoms with E-state index in [4.69, 9.17) is 9.84 Å². The van der Waals surface area contributed by atoms with Gasteiger partial charge in [0.2, 0.25) is 5.91 Å². The van der Waals surface area contributed by atoms with Crippen molar-refractivity contribution in [2.24, 2.45) is 0 Å². The van der Waals surface area contributed by atoms with E-state index in [1.807, 2.05) is 13.0 Å². The van der Waals surface area contributed by atoms with Crippen molar-refractivity contribution in [3.05, 3.63) is 29.3 Å². The molecule has 0 bridgehead atoms. The summed E-state index contributed by atoms with van der Waals surface area (Å²) in [5, 5.41) is 11.1. The van der Waals surface area contributed by atoms with Gasteiger partial charge in [-0.15, -0.1) is 0 Å². The molecule has 98 valence electrons. The zero-order chi connectivity index (χ0) is 13.7. The maximum atomic E-state index is 11.6. The third-order valence-corrected chi connectivity index (χ3v) is 2.57. The molecule has 1 unspecified atom stereocenters. The van der Waals surface area contributed by atoms with Crippen LogP contribution in [0.4, 0.5) is 0 Å². The first-order valence-corrected chi connectivity index (χ1v) is 5.59. The molecule has 1 aromatic rings. The molecule has 0 spiro atoms. The molecule has 1 aromatic carbocycles. The van der Waals surface area contributed by atoms with Crippen molar-refractivity contribution in [2.45, 2.75) is 26.3 Å². The SMILES string of the molecule is COc1ccc(CC(=O)NC(C)C(=O)O)cc1C. The Bertz CT molecular complexity index is 456. The molecule has 0 aromatic heterocycles. The minimum absolute atomic E-state index is 0.155. The number of carbonyl (C=O) groups excluding carboxylic acids is 1. The smallest absolute Gasteiger partial charge is 0.325 e. The van der Waals surface area contributed by atoms with Crippen LogP contribution in [0, 0.1) is 6.92 Å². The predicted octanol–water partition coefficient (Wildman–Crippen LogP) is 1.14. The molecule has 18 heavy (non-hydrogen) atoms. The quantitative estimate of drug-likeness (QED) is 0.822. The van der Waals surface area contributed by atoms with Gasteiger partial charge >= 0.3 is 5.97 Å². The molecule has 1 rings (SSSR count). The Morgan fingerprint density at radius 1 is 1.44 bits per heavy atom. The molecule has 1 amide bonds. The monoisotopic (exact) mass is 251 g/mol. The maximum Gasteiger partial charge on any atom is 0.325 e. The van der Waals surface area contributed by atoms with E-state index in [-0.39, 0.29) is 12.3 Å². The number of benzene rings is 1. The zero-order valence-corrected chi connectivity index (χ0v) is 10.7. The lowest BCUT2D eigenvalue weighted by atomic mass is 10.1. The van der Waals surface area contributed by atoms with Gasteiger partial charge in [-0.05, 0) is 31.0 Å². The van der Waals surface area contributed by atoms with Crippen LogP contribution in [0.1, 0.15) is 18.1 Å². The van der Waals surface area contributed by atoms with Gasteiger partial charge in [-0.2, -0.15) is 0 Å². The van der Waals surface area contributed by atoms with E-state index in [1.54, 1.807) is 19.2 Å².